The second-order valence-corrected chi connectivity index (χ2v) is 7.48. The van der Waals surface area contributed by atoms with E-state index >= 15 is 0 Å². The van der Waals surface area contributed by atoms with Gasteiger partial charge in [0.25, 0.3) is 5.91 Å². The van der Waals surface area contributed by atoms with Crippen molar-refractivity contribution in [1.29, 1.82) is 0 Å². The van der Waals surface area contributed by atoms with E-state index in [1.807, 2.05) is 16.4 Å². The van der Waals surface area contributed by atoms with Gasteiger partial charge in [-0.3, -0.25) is 9.59 Å². The van der Waals surface area contributed by atoms with Crippen LogP contribution in [0.3, 0.4) is 0 Å². The minimum absolute atomic E-state index is 0.0312. The number of hydrogen-bond donors (Lipinski definition) is 0. The van der Waals surface area contributed by atoms with Gasteiger partial charge in [0.2, 0.25) is 5.91 Å². The maximum absolute atomic E-state index is 14.1. The lowest BCUT2D eigenvalue weighted by Gasteiger charge is -2.35. The van der Waals surface area contributed by atoms with Gasteiger partial charge < -0.3 is 19.1 Å². The Balaban J connectivity index is 1.36. The standard InChI is InChI=1S/C18H25FN4O3/c1-13-16-20-10-14(11-26-12-15(24)21-6-2-3-7-21)23(16)9-8-22(13)17(25)18(19)4-5-18/h10,13H,2-9,11-12H2,1H3. The van der Waals surface area contributed by atoms with Gasteiger partial charge in [-0.05, 0) is 32.6 Å². The van der Waals surface area contributed by atoms with E-state index in [4.69, 9.17) is 4.74 Å². The van der Waals surface area contributed by atoms with Gasteiger partial charge in [0.05, 0.1) is 24.5 Å². The van der Waals surface area contributed by atoms with Crippen LogP contribution in [-0.2, 0) is 27.5 Å². The predicted molar refractivity (Wildman–Crippen MR) is 90.9 cm³/mol. The van der Waals surface area contributed by atoms with Gasteiger partial charge in [0, 0.05) is 26.2 Å². The Morgan fingerprint density at radius 1 is 1.27 bits per heavy atom. The number of alkyl halides is 1. The Labute approximate surface area is 152 Å². The van der Waals surface area contributed by atoms with Crippen LogP contribution in [0.25, 0.3) is 0 Å². The van der Waals surface area contributed by atoms with Gasteiger partial charge in [0.1, 0.15) is 12.4 Å². The summed E-state index contributed by atoms with van der Waals surface area (Å²) in [6.07, 6.45) is 4.51. The number of amides is 2. The molecule has 0 spiro atoms. The van der Waals surface area contributed by atoms with Gasteiger partial charge in [-0.25, -0.2) is 9.37 Å². The Bertz CT molecular complexity index is 709. The normalized spacial score (nSPS) is 23.8. The molecule has 1 aromatic heterocycles. The fourth-order valence-electron chi connectivity index (χ4n) is 3.83. The molecule has 2 fully saturated rings. The highest BCUT2D eigenvalue weighted by atomic mass is 19.1. The molecule has 0 radical (unpaired) electrons. The van der Waals surface area contributed by atoms with E-state index in [0.717, 1.165) is 37.4 Å². The molecule has 0 bridgehead atoms. The summed E-state index contributed by atoms with van der Waals surface area (Å²) < 4.78 is 21.7. The van der Waals surface area contributed by atoms with Crippen molar-refractivity contribution >= 4 is 11.8 Å². The van der Waals surface area contributed by atoms with Crippen LogP contribution < -0.4 is 0 Å². The number of halogens is 1. The molecular formula is C18H25FN4O3. The van der Waals surface area contributed by atoms with Crippen LogP contribution in [-0.4, -0.2) is 63.1 Å². The first-order chi connectivity index (χ1) is 12.5. The number of ether oxygens (including phenoxy) is 1. The third kappa shape index (κ3) is 3.11. The highest BCUT2D eigenvalue weighted by Crippen LogP contribution is 2.43. The van der Waals surface area contributed by atoms with Crippen LogP contribution in [0.4, 0.5) is 4.39 Å². The fourth-order valence-corrected chi connectivity index (χ4v) is 3.83. The van der Waals surface area contributed by atoms with Crippen molar-refractivity contribution in [3.8, 4) is 0 Å². The predicted octanol–water partition coefficient (Wildman–Crippen LogP) is 1.43. The van der Waals surface area contributed by atoms with Crippen molar-refractivity contribution in [2.45, 2.75) is 57.5 Å². The van der Waals surface area contributed by atoms with Crippen LogP contribution in [0.15, 0.2) is 6.20 Å². The fraction of sp³-hybridized carbons (Fsp3) is 0.722. The van der Waals surface area contributed by atoms with Crippen LogP contribution in [0.5, 0.6) is 0 Å². The molecule has 7 nitrogen and oxygen atoms in total. The van der Waals surface area contributed by atoms with E-state index in [1.54, 1.807) is 11.1 Å². The first-order valence-corrected chi connectivity index (χ1v) is 9.39. The third-order valence-electron chi connectivity index (χ3n) is 5.64. The molecule has 1 atom stereocenters. The molecule has 142 valence electrons. The van der Waals surface area contributed by atoms with E-state index in [-0.39, 0.29) is 18.6 Å². The quantitative estimate of drug-likeness (QED) is 0.793. The molecule has 1 saturated heterocycles. The zero-order chi connectivity index (χ0) is 18.3. The van der Waals surface area contributed by atoms with Gasteiger partial charge in [0.15, 0.2) is 5.67 Å². The van der Waals surface area contributed by atoms with Crippen LogP contribution >= 0.6 is 0 Å². The molecule has 1 aromatic rings. The summed E-state index contributed by atoms with van der Waals surface area (Å²) in [6, 6.07) is -0.260. The number of hydrogen-bond acceptors (Lipinski definition) is 4. The number of fused-ring (bicyclic) bond motifs is 1. The Morgan fingerprint density at radius 3 is 2.69 bits per heavy atom. The molecule has 1 unspecified atom stereocenters. The molecule has 2 amide bonds. The first-order valence-electron chi connectivity index (χ1n) is 9.39. The van der Waals surface area contributed by atoms with Gasteiger partial charge in [-0.1, -0.05) is 0 Å². The number of likely N-dealkylation sites (tertiary alicyclic amines) is 1. The second kappa shape index (κ2) is 6.64. The SMILES string of the molecule is CC1c2ncc(COCC(=O)N3CCCC3)n2CCN1C(=O)C1(F)CC1. The van der Waals surface area contributed by atoms with Crippen LogP contribution in [0.1, 0.15) is 50.2 Å². The van der Waals surface area contributed by atoms with E-state index in [1.165, 1.54) is 0 Å². The molecule has 0 N–H and O–H groups in total. The molecule has 1 aliphatic carbocycles. The summed E-state index contributed by atoms with van der Waals surface area (Å²) in [6.45, 7) is 4.94. The van der Waals surface area contributed by atoms with E-state index in [9.17, 15) is 14.0 Å². The monoisotopic (exact) mass is 364 g/mol. The Kier molecular flexibility index (Phi) is 4.46. The van der Waals surface area contributed by atoms with Crippen molar-refractivity contribution in [2.24, 2.45) is 0 Å². The summed E-state index contributed by atoms with van der Waals surface area (Å²) in [5.41, 5.74) is -0.764. The highest BCUT2D eigenvalue weighted by molar-refractivity contribution is 5.88. The Morgan fingerprint density at radius 2 is 2.00 bits per heavy atom. The number of carbonyl (C=O) groups is 2. The lowest BCUT2D eigenvalue weighted by molar-refractivity contribution is -0.141. The van der Waals surface area contributed by atoms with Gasteiger partial charge >= 0.3 is 0 Å². The van der Waals surface area contributed by atoms with Crippen molar-refractivity contribution in [1.82, 2.24) is 19.4 Å². The first kappa shape index (κ1) is 17.5. The Hall–Kier alpha value is -1.96. The average molecular weight is 364 g/mol. The van der Waals surface area contributed by atoms with Crippen molar-refractivity contribution in [3.63, 3.8) is 0 Å². The molecule has 26 heavy (non-hydrogen) atoms. The summed E-state index contributed by atoms with van der Waals surface area (Å²) in [5, 5.41) is 0. The number of aromatic nitrogens is 2. The van der Waals surface area contributed by atoms with E-state index in [0.29, 0.717) is 32.5 Å². The van der Waals surface area contributed by atoms with Gasteiger partial charge in [-0.15, -0.1) is 0 Å². The molecule has 3 heterocycles. The second-order valence-electron chi connectivity index (χ2n) is 7.48. The maximum Gasteiger partial charge on any atom is 0.260 e. The number of rotatable bonds is 5. The number of imidazole rings is 1. The minimum atomic E-state index is -1.65. The molecule has 2 aliphatic heterocycles. The summed E-state index contributed by atoms with van der Waals surface area (Å²) in [5.74, 6) is 0.371. The van der Waals surface area contributed by atoms with Crippen LogP contribution in [0.2, 0.25) is 0 Å². The number of nitrogens with zero attached hydrogens (tertiary/aromatic N) is 4. The van der Waals surface area contributed by atoms with E-state index in [2.05, 4.69) is 4.98 Å². The minimum Gasteiger partial charge on any atom is -0.365 e. The molecular weight excluding hydrogens is 339 g/mol. The smallest absolute Gasteiger partial charge is 0.260 e. The van der Waals surface area contributed by atoms with E-state index < -0.39 is 11.6 Å². The van der Waals surface area contributed by atoms with Crippen molar-refractivity contribution in [2.75, 3.05) is 26.2 Å². The summed E-state index contributed by atoms with van der Waals surface area (Å²) in [4.78, 5) is 32.2. The van der Waals surface area contributed by atoms with Crippen LogP contribution in [0, 0.1) is 0 Å². The molecule has 3 aliphatic rings. The maximum atomic E-state index is 14.1. The largest absolute Gasteiger partial charge is 0.365 e. The third-order valence-corrected chi connectivity index (χ3v) is 5.64. The lowest BCUT2D eigenvalue weighted by Crippen LogP contribution is -2.45. The molecule has 0 aromatic carbocycles. The number of carbonyl (C=O) groups excluding carboxylic acids is 2. The van der Waals surface area contributed by atoms with Crippen molar-refractivity contribution in [3.05, 3.63) is 17.7 Å². The molecule has 1 saturated carbocycles. The molecule has 4 rings (SSSR count). The zero-order valence-electron chi connectivity index (χ0n) is 15.1. The van der Waals surface area contributed by atoms with Gasteiger partial charge in [-0.2, -0.15) is 0 Å². The molecule has 8 heteroatoms. The topological polar surface area (TPSA) is 67.7 Å². The summed E-state index contributed by atoms with van der Waals surface area (Å²) in [7, 11) is 0. The zero-order valence-corrected chi connectivity index (χ0v) is 15.1. The average Bonchev–Trinajstić information content (AvgIpc) is 3.05. The highest BCUT2D eigenvalue weighted by Gasteiger charge is 2.54. The summed E-state index contributed by atoms with van der Waals surface area (Å²) >= 11 is 0. The van der Waals surface area contributed by atoms with Crippen molar-refractivity contribution < 1.29 is 18.7 Å². The lowest BCUT2D eigenvalue weighted by atomic mass is 10.1.